The van der Waals surface area contributed by atoms with Gasteiger partial charge in [-0.15, -0.1) is 0 Å². The normalized spacial score (nSPS) is 19.8. The molecule has 0 spiro atoms. The number of piperazine rings is 1. The summed E-state index contributed by atoms with van der Waals surface area (Å²) in [5, 5.41) is 19.5. The molecule has 1 N–H and O–H groups in total. The lowest BCUT2D eigenvalue weighted by atomic mass is 9.88. The Morgan fingerprint density at radius 2 is 1.89 bits per heavy atom. The molecule has 2 aliphatic rings. The van der Waals surface area contributed by atoms with Gasteiger partial charge in [-0.25, -0.2) is 13.8 Å². The molecular formula is C32H29Cl3F2N6O3. The van der Waals surface area contributed by atoms with E-state index in [1.165, 1.54) is 16.7 Å². The minimum absolute atomic E-state index is 0.0161. The van der Waals surface area contributed by atoms with Crippen molar-refractivity contribution in [2.45, 2.75) is 39.8 Å². The molecule has 3 aromatic rings. The molecule has 0 bridgehead atoms. The summed E-state index contributed by atoms with van der Waals surface area (Å²) in [6.07, 6.45) is 4.70. The number of carbonyl (C=O) groups excluding carboxylic acids is 1. The summed E-state index contributed by atoms with van der Waals surface area (Å²) in [6.45, 7) is 11.9. The van der Waals surface area contributed by atoms with Crippen LogP contribution in [0.1, 0.15) is 39.3 Å². The predicted molar refractivity (Wildman–Crippen MR) is 176 cm³/mol. The number of phenolic OH excluding ortho intramolecular Hbond substituents is 1. The third kappa shape index (κ3) is 5.32. The van der Waals surface area contributed by atoms with E-state index in [0.717, 1.165) is 0 Å². The van der Waals surface area contributed by atoms with Crippen LogP contribution in [0.4, 0.5) is 14.5 Å². The van der Waals surface area contributed by atoms with E-state index in [0.29, 0.717) is 5.71 Å². The number of rotatable bonds is 5. The number of aromatic hydroxyl groups is 1. The average Bonchev–Trinajstić information content (AvgIpc) is 3.02. The van der Waals surface area contributed by atoms with Crippen molar-refractivity contribution in [3.8, 4) is 23.1 Å². The van der Waals surface area contributed by atoms with E-state index in [2.05, 4.69) is 22.6 Å². The summed E-state index contributed by atoms with van der Waals surface area (Å²) in [5.74, 6) is -4.53. The first-order valence-corrected chi connectivity index (χ1v) is 15.5. The summed E-state index contributed by atoms with van der Waals surface area (Å²) in [5.41, 5.74) is -0.826. The number of aliphatic imine (C=N–C) groups is 1. The van der Waals surface area contributed by atoms with Crippen molar-refractivity contribution in [2.24, 2.45) is 16.8 Å². The van der Waals surface area contributed by atoms with Crippen LogP contribution in [0.5, 0.6) is 5.75 Å². The molecule has 0 aliphatic carbocycles. The molecule has 1 aromatic carbocycles. The number of carbonyl (C=O) groups is 1. The van der Waals surface area contributed by atoms with Crippen LogP contribution in [0.3, 0.4) is 0 Å². The van der Waals surface area contributed by atoms with Gasteiger partial charge in [0.2, 0.25) is 5.91 Å². The number of amides is 1. The Balaban J connectivity index is 1.89. The van der Waals surface area contributed by atoms with Gasteiger partial charge >= 0.3 is 0 Å². The van der Waals surface area contributed by atoms with Crippen LogP contribution in [0.2, 0.25) is 15.1 Å². The first-order valence-electron chi connectivity index (χ1n) is 14.4. The van der Waals surface area contributed by atoms with Gasteiger partial charge in [0.05, 0.1) is 33.0 Å². The molecule has 1 amide bonds. The zero-order valence-corrected chi connectivity index (χ0v) is 27.6. The van der Waals surface area contributed by atoms with Gasteiger partial charge in [-0.05, 0) is 25.0 Å². The molecule has 1 fully saturated rings. The summed E-state index contributed by atoms with van der Waals surface area (Å²) in [7, 11) is 0. The fraction of sp³-hybridized carbons (Fsp3) is 0.344. The number of phenols is 1. The zero-order chi connectivity index (χ0) is 33.8. The second kappa shape index (κ2) is 12.7. The van der Waals surface area contributed by atoms with Crippen LogP contribution < -0.4 is 10.5 Å². The minimum Gasteiger partial charge on any atom is -0.504 e. The molecule has 5 rings (SSSR count). The largest absolute Gasteiger partial charge is 0.504 e. The molecular weight excluding hydrogens is 661 g/mol. The van der Waals surface area contributed by atoms with E-state index in [4.69, 9.17) is 34.8 Å². The summed E-state index contributed by atoms with van der Waals surface area (Å²) in [4.78, 5) is 39.6. The Morgan fingerprint density at radius 3 is 2.50 bits per heavy atom. The lowest BCUT2D eigenvalue weighted by molar-refractivity contribution is -0.128. The number of halogens is 5. The lowest BCUT2D eigenvalue weighted by Crippen LogP contribution is -2.54. The maximum atomic E-state index is 14.9. The summed E-state index contributed by atoms with van der Waals surface area (Å²) >= 11 is 18.7. The van der Waals surface area contributed by atoms with Crippen LogP contribution in [0, 0.1) is 34.8 Å². The molecule has 2 aliphatic heterocycles. The molecule has 0 radical (unpaired) electrons. The Kier molecular flexibility index (Phi) is 9.19. The fourth-order valence-corrected chi connectivity index (χ4v) is 6.92. The molecule has 240 valence electrons. The number of hydrogen-bond acceptors (Lipinski definition) is 7. The number of anilines is 1. The van der Waals surface area contributed by atoms with Crippen molar-refractivity contribution >= 4 is 63.1 Å². The van der Waals surface area contributed by atoms with Crippen molar-refractivity contribution in [3.63, 3.8) is 0 Å². The van der Waals surface area contributed by atoms with Gasteiger partial charge in [0.1, 0.15) is 22.3 Å². The highest BCUT2D eigenvalue weighted by atomic mass is 35.5. The Morgan fingerprint density at radius 1 is 1.20 bits per heavy atom. The highest BCUT2D eigenvalue weighted by Crippen LogP contribution is 2.46. The molecule has 1 saturated heterocycles. The van der Waals surface area contributed by atoms with Crippen LogP contribution in [0.25, 0.3) is 22.3 Å². The number of benzene rings is 1. The first kappa shape index (κ1) is 33.4. The molecule has 2 aromatic heterocycles. The SMILES string of the molecule is C=CC(=O)N1CCN(c2c(C#N)c(=O)n(C3C(C(C)C)=NC=CC3C)c3nc(-c4c(O)c(F)c(Cl)c(F)c4Cl)c(Cl)cc23)C[C@H]1C. The maximum Gasteiger partial charge on any atom is 0.272 e. The van der Waals surface area contributed by atoms with Crippen LogP contribution in [-0.2, 0) is 4.79 Å². The molecule has 2 unspecified atom stereocenters. The Bertz CT molecular complexity index is 1940. The van der Waals surface area contributed by atoms with Crippen molar-refractivity contribution < 1.29 is 18.7 Å². The lowest BCUT2D eigenvalue weighted by Gasteiger charge is -2.41. The number of nitrogens with zero attached hydrogens (tertiary/aromatic N) is 6. The van der Waals surface area contributed by atoms with E-state index >= 15 is 0 Å². The molecule has 14 heteroatoms. The maximum absolute atomic E-state index is 14.9. The van der Waals surface area contributed by atoms with Crippen molar-refractivity contribution in [3.05, 3.63) is 73.6 Å². The van der Waals surface area contributed by atoms with E-state index in [9.17, 15) is 28.7 Å². The summed E-state index contributed by atoms with van der Waals surface area (Å²) in [6, 6.07) is 2.49. The molecule has 46 heavy (non-hydrogen) atoms. The standard InChI is InChI=1S/C32H29Cl3F2N6O3/c1-6-20(44)42-10-9-41(13-16(42)5)29-17-11-19(33)27(21-22(34)24(36)23(35)25(37)30(21)45)40-31(17)43(32(46)18(29)12-38)28-15(4)7-8-39-26(28)14(2)3/h6-8,11,14-16,28,45H,1,9-10,13H2,2-5H3/t15?,16-,28?/m1/s1. The third-order valence-corrected chi connectivity index (χ3v) is 9.36. The Labute approximate surface area is 278 Å². The van der Waals surface area contributed by atoms with Crippen molar-refractivity contribution in [1.82, 2.24) is 14.5 Å². The van der Waals surface area contributed by atoms with Crippen molar-refractivity contribution in [2.75, 3.05) is 24.5 Å². The topological polar surface area (TPSA) is 115 Å². The number of fused-ring (bicyclic) bond motifs is 1. The monoisotopic (exact) mass is 688 g/mol. The highest BCUT2D eigenvalue weighted by Gasteiger charge is 2.36. The van der Waals surface area contributed by atoms with Gasteiger partial charge in [-0.2, -0.15) is 5.26 Å². The third-order valence-electron chi connectivity index (χ3n) is 8.39. The van der Waals surface area contributed by atoms with Crippen LogP contribution in [0.15, 0.2) is 40.8 Å². The number of nitriles is 1. The second-order valence-electron chi connectivity index (χ2n) is 11.6. The minimum atomic E-state index is -1.46. The fourth-order valence-electron chi connectivity index (χ4n) is 6.17. The van der Waals surface area contributed by atoms with Gasteiger partial charge in [0.25, 0.3) is 5.56 Å². The first-order chi connectivity index (χ1) is 21.7. The number of aromatic nitrogens is 2. The van der Waals surface area contributed by atoms with E-state index in [1.807, 2.05) is 38.7 Å². The van der Waals surface area contributed by atoms with Crippen LogP contribution in [-0.4, -0.2) is 56.9 Å². The number of allylic oxidation sites excluding steroid dienone is 1. The zero-order valence-electron chi connectivity index (χ0n) is 25.3. The van der Waals surface area contributed by atoms with Crippen LogP contribution >= 0.6 is 34.8 Å². The molecule has 3 atom stereocenters. The summed E-state index contributed by atoms with van der Waals surface area (Å²) < 4.78 is 31.1. The van der Waals surface area contributed by atoms with E-state index in [-0.39, 0.29) is 76.4 Å². The second-order valence-corrected chi connectivity index (χ2v) is 12.7. The van der Waals surface area contributed by atoms with Gasteiger partial charge in [0.15, 0.2) is 17.4 Å². The van der Waals surface area contributed by atoms with E-state index in [1.54, 1.807) is 11.1 Å². The molecule has 4 heterocycles. The number of pyridine rings is 2. The predicted octanol–water partition coefficient (Wildman–Crippen LogP) is 6.90. The van der Waals surface area contributed by atoms with Crippen molar-refractivity contribution in [1.29, 1.82) is 5.26 Å². The van der Waals surface area contributed by atoms with Gasteiger partial charge in [-0.3, -0.25) is 19.1 Å². The smallest absolute Gasteiger partial charge is 0.272 e. The van der Waals surface area contributed by atoms with Gasteiger partial charge in [-0.1, -0.05) is 68.2 Å². The van der Waals surface area contributed by atoms with E-state index < -0.39 is 44.6 Å². The molecule has 0 saturated carbocycles. The highest BCUT2D eigenvalue weighted by molar-refractivity contribution is 6.39. The quantitative estimate of drug-likeness (QED) is 0.177. The van der Waals surface area contributed by atoms with Gasteiger partial charge < -0.3 is 14.9 Å². The Hall–Kier alpha value is -3.98. The van der Waals surface area contributed by atoms with Gasteiger partial charge in [0, 0.05) is 48.9 Å². The molecule has 9 nitrogen and oxygen atoms in total. The average molecular weight is 690 g/mol. The number of hydrogen-bond donors (Lipinski definition) is 1.